The Labute approximate surface area is 165 Å². The van der Waals surface area contributed by atoms with Crippen molar-refractivity contribution in [3.8, 4) is 5.75 Å². The maximum Gasteiger partial charge on any atom is 0.325 e. The van der Waals surface area contributed by atoms with Crippen LogP contribution in [0.2, 0.25) is 0 Å². The molecule has 0 unspecified atom stereocenters. The number of hydrogen-bond donors (Lipinski definition) is 2. The zero-order valence-corrected chi connectivity index (χ0v) is 16.6. The Bertz CT molecular complexity index is 741. The van der Waals surface area contributed by atoms with E-state index in [9.17, 15) is 14.4 Å². The van der Waals surface area contributed by atoms with Gasteiger partial charge in [-0.25, -0.2) is 4.79 Å². The number of nitrogens with one attached hydrogen (secondary N) is 2. The van der Waals surface area contributed by atoms with E-state index in [1.165, 1.54) is 0 Å². The smallest absolute Gasteiger partial charge is 0.325 e. The number of imide groups is 1. The Morgan fingerprint density at radius 1 is 1.25 bits per heavy atom. The molecule has 1 aliphatic heterocycles. The molecule has 0 atom stereocenters. The number of nitrogens with zero attached hydrogens (tertiary/aromatic N) is 1. The Balaban J connectivity index is 1.63. The molecule has 7 heteroatoms. The standard InChI is InChI=1S/C21H29N3O4/c1-3-13-28-17-8-6-5-7-16(17)22-18(25)14-24-19(26)21(23-20(24)27)11-9-15(4-2)10-12-21/h5-8,15H,3-4,9-14H2,1-2H3,(H,22,25)(H,23,27). The number of carbonyl (C=O) groups excluding carboxylic acids is 3. The fourth-order valence-electron chi connectivity index (χ4n) is 3.98. The molecule has 3 rings (SSSR count). The Morgan fingerprint density at radius 3 is 2.64 bits per heavy atom. The van der Waals surface area contributed by atoms with Gasteiger partial charge in [0.05, 0.1) is 12.3 Å². The van der Waals surface area contributed by atoms with Crippen LogP contribution in [0.4, 0.5) is 10.5 Å². The maximum absolute atomic E-state index is 12.9. The van der Waals surface area contributed by atoms with Crippen LogP contribution in [-0.4, -0.2) is 41.4 Å². The van der Waals surface area contributed by atoms with Gasteiger partial charge in [0.2, 0.25) is 5.91 Å². The van der Waals surface area contributed by atoms with Crippen LogP contribution in [0, 0.1) is 5.92 Å². The number of amides is 4. The van der Waals surface area contributed by atoms with Gasteiger partial charge in [0.15, 0.2) is 0 Å². The minimum atomic E-state index is -0.828. The first-order valence-corrected chi connectivity index (χ1v) is 10.1. The minimum absolute atomic E-state index is 0.280. The maximum atomic E-state index is 12.9. The Hall–Kier alpha value is -2.57. The number of hydrogen-bond acceptors (Lipinski definition) is 4. The second-order valence-corrected chi connectivity index (χ2v) is 7.65. The van der Waals surface area contributed by atoms with Crippen molar-refractivity contribution in [1.82, 2.24) is 10.2 Å². The summed E-state index contributed by atoms with van der Waals surface area (Å²) in [5.74, 6) is 0.477. The quantitative estimate of drug-likeness (QED) is 0.703. The van der Waals surface area contributed by atoms with Crippen LogP contribution in [0.5, 0.6) is 5.75 Å². The monoisotopic (exact) mass is 387 g/mol. The molecule has 7 nitrogen and oxygen atoms in total. The third kappa shape index (κ3) is 4.13. The van der Waals surface area contributed by atoms with Gasteiger partial charge in [-0.3, -0.25) is 14.5 Å². The second kappa shape index (κ2) is 8.63. The highest BCUT2D eigenvalue weighted by atomic mass is 16.5. The van der Waals surface area contributed by atoms with E-state index in [-0.39, 0.29) is 12.5 Å². The normalized spacial score (nSPS) is 24.4. The summed E-state index contributed by atoms with van der Waals surface area (Å²) < 4.78 is 5.64. The van der Waals surface area contributed by atoms with Gasteiger partial charge >= 0.3 is 6.03 Å². The number of para-hydroxylation sites is 2. The highest BCUT2D eigenvalue weighted by Crippen LogP contribution is 2.37. The van der Waals surface area contributed by atoms with Crippen molar-refractivity contribution in [3.63, 3.8) is 0 Å². The van der Waals surface area contributed by atoms with Crippen LogP contribution in [0.3, 0.4) is 0 Å². The first-order chi connectivity index (χ1) is 13.5. The lowest BCUT2D eigenvalue weighted by Crippen LogP contribution is -2.49. The van der Waals surface area contributed by atoms with Crippen LogP contribution >= 0.6 is 0 Å². The van der Waals surface area contributed by atoms with Crippen LogP contribution < -0.4 is 15.4 Å². The van der Waals surface area contributed by atoms with E-state index in [0.717, 1.165) is 30.6 Å². The molecule has 0 aromatic heterocycles. The second-order valence-electron chi connectivity index (χ2n) is 7.65. The van der Waals surface area contributed by atoms with Crippen molar-refractivity contribution in [2.45, 2.75) is 57.9 Å². The highest BCUT2D eigenvalue weighted by molar-refractivity contribution is 6.10. The first kappa shape index (κ1) is 20.2. The average Bonchev–Trinajstić information content (AvgIpc) is 2.92. The van der Waals surface area contributed by atoms with Crippen LogP contribution in [0.25, 0.3) is 0 Å². The molecule has 1 aromatic rings. The third-order valence-corrected chi connectivity index (χ3v) is 5.71. The molecule has 152 valence electrons. The molecule has 1 aromatic carbocycles. The van der Waals surface area contributed by atoms with Gasteiger partial charge in [-0.2, -0.15) is 0 Å². The van der Waals surface area contributed by atoms with Gasteiger partial charge in [-0.15, -0.1) is 0 Å². The molecule has 1 saturated heterocycles. The van der Waals surface area contributed by atoms with Gasteiger partial charge in [0, 0.05) is 0 Å². The van der Waals surface area contributed by atoms with Crippen LogP contribution in [-0.2, 0) is 9.59 Å². The molecule has 2 N–H and O–H groups in total. The number of carbonyl (C=O) groups is 3. The number of urea groups is 1. The molecule has 1 spiro atoms. The Morgan fingerprint density at radius 2 is 1.96 bits per heavy atom. The molecule has 1 saturated carbocycles. The molecule has 1 aliphatic carbocycles. The van der Waals surface area contributed by atoms with E-state index in [1.807, 2.05) is 13.0 Å². The van der Waals surface area contributed by atoms with E-state index in [0.29, 0.717) is 36.8 Å². The van der Waals surface area contributed by atoms with Gasteiger partial charge in [0.1, 0.15) is 17.8 Å². The summed E-state index contributed by atoms with van der Waals surface area (Å²) >= 11 is 0. The predicted octanol–water partition coefficient (Wildman–Crippen LogP) is 3.30. The minimum Gasteiger partial charge on any atom is -0.491 e. The summed E-state index contributed by atoms with van der Waals surface area (Å²) in [6.45, 7) is 4.39. The summed E-state index contributed by atoms with van der Waals surface area (Å²) in [5.41, 5.74) is -0.295. The molecule has 28 heavy (non-hydrogen) atoms. The lowest BCUT2D eigenvalue weighted by Gasteiger charge is -2.34. The van der Waals surface area contributed by atoms with Gasteiger partial charge in [-0.1, -0.05) is 32.4 Å². The topological polar surface area (TPSA) is 87.7 Å². The van der Waals surface area contributed by atoms with E-state index in [2.05, 4.69) is 17.6 Å². The molecule has 0 radical (unpaired) electrons. The molecular weight excluding hydrogens is 358 g/mol. The highest BCUT2D eigenvalue weighted by Gasteiger charge is 2.52. The van der Waals surface area contributed by atoms with E-state index >= 15 is 0 Å². The molecule has 4 amide bonds. The van der Waals surface area contributed by atoms with Crippen molar-refractivity contribution < 1.29 is 19.1 Å². The summed E-state index contributed by atoms with van der Waals surface area (Å²) in [6.07, 6.45) is 5.06. The fraction of sp³-hybridized carbons (Fsp3) is 0.571. The molecule has 1 heterocycles. The number of ether oxygens (including phenoxy) is 1. The number of benzene rings is 1. The van der Waals surface area contributed by atoms with Crippen molar-refractivity contribution in [2.75, 3.05) is 18.5 Å². The summed E-state index contributed by atoms with van der Waals surface area (Å²) in [6, 6.07) is 6.66. The van der Waals surface area contributed by atoms with E-state index < -0.39 is 17.5 Å². The zero-order chi connectivity index (χ0) is 20.1. The lowest BCUT2D eigenvalue weighted by molar-refractivity contribution is -0.135. The van der Waals surface area contributed by atoms with Gasteiger partial charge in [0.25, 0.3) is 5.91 Å². The van der Waals surface area contributed by atoms with Gasteiger partial charge < -0.3 is 15.4 Å². The fourth-order valence-corrected chi connectivity index (χ4v) is 3.98. The largest absolute Gasteiger partial charge is 0.491 e. The van der Waals surface area contributed by atoms with Crippen molar-refractivity contribution >= 4 is 23.5 Å². The summed E-state index contributed by atoms with van der Waals surface area (Å²) in [5, 5.41) is 5.61. The SMILES string of the molecule is CCCOc1ccccc1NC(=O)CN1C(=O)NC2(CCC(CC)CC2)C1=O. The predicted molar refractivity (Wildman–Crippen MR) is 106 cm³/mol. The molecule has 2 aliphatic rings. The van der Waals surface area contributed by atoms with Crippen LogP contribution in [0.15, 0.2) is 24.3 Å². The van der Waals surface area contributed by atoms with E-state index in [1.54, 1.807) is 18.2 Å². The summed E-state index contributed by atoms with van der Waals surface area (Å²) in [7, 11) is 0. The van der Waals surface area contributed by atoms with Crippen molar-refractivity contribution in [2.24, 2.45) is 5.92 Å². The third-order valence-electron chi connectivity index (χ3n) is 5.71. The number of rotatable bonds is 7. The lowest BCUT2D eigenvalue weighted by atomic mass is 9.75. The molecule has 2 fully saturated rings. The van der Waals surface area contributed by atoms with Gasteiger partial charge in [-0.05, 0) is 50.2 Å². The molecule has 0 bridgehead atoms. The molecular formula is C21H29N3O4. The van der Waals surface area contributed by atoms with E-state index in [4.69, 9.17) is 4.74 Å². The van der Waals surface area contributed by atoms with Crippen molar-refractivity contribution in [1.29, 1.82) is 0 Å². The van der Waals surface area contributed by atoms with Crippen LogP contribution in [0.1, 0.15) is 52.4 Å². The summed E-state index contributed by atoms with van der Waals surface area (Å²) in [4.78, 5) is 38.9. The Kier molecular flexibility index (Phi) is 6.21. The number of anilines is 1. The van der Waals surface area contributed by atoms with Crippen molar-refractivity contribution in [3.05, 3.63) is 24.3 Å². The zero-order valence-electron chi connectivity index (χ0n) is 16.6. The average molecular weight is 387 g/mol. The first-order valence-electron chi connectivity index (χ1n) is 10.1.